The van der Waals surface area contributed by atoms with Crippen molar-refractivity contribution in [3.63, 3.8) is 0 Å². The molecule has 11 heteroatoms. The number of carbonyl (C=O) groups is 1. The largest absolute Gasteiger partial charge is 0.480 e. The molecule has 0 atom stereocenters. The monoisotopic (exact) mass is 458 g/mol. The van der Waals surface area contributed by atoms with Gasteiger partial charge in [-0.1, -0.05) is 11.8 Å². The average molecular weight is 458 g/mol. The normalized spacial score (nSPS) is 11.1. The number of carbonyl (C=O) groups excluding carboxylic acids is 1. The number of ether oxygens (including phenoxy) is 1. The smallest absolute Gasteiger partial charge is 0.446 e. The zero-order chi connectivity index (χ0) is 23.1. The molecule has 0 radical (unpaired) electrons. The van der Waals surface area contributed by atoms with E-state index >= 15 is 0 Å². The highest BCUT2D eigenvalue weighted by molar-refractivity contribution is 8.00. The average Bonchev–Trinajstić information content (AvgIpc) is 2.68. The third kappa shape index (κ3) is 7.79. The zero-order valence-electron chi connectivity index (χ0n) is 15.4. The van der Waals surface area contributed by atoms with E-state index in [1.165, 1.54) is 12.1 Å². The molecule has 0 saturated carbocycles. The first-order chi connectivity index (χ1) is 14.5. The molecule has 0 aromatic heterocycles. The molecule has 1 N–H and O–H groups in total. The maximum absolute atomic E-state index is 13.0. The highest BCUT2D eigenvalue weighted by atomic mass is 32.2. The summed E-state index contributed by atoms with van der Waals surface area (Å²) in [5.74, 6) is 3.78. The Kier molecular flexibility index (Phi) is 7.83. The topological polar surface area (TPSA) is 62.1 Å². The molecule has 0 fully saturated rings. The number of nitrogens with zero attached hydrogens (tertiary/aromatic N) is 1. The maximum atomic E-state index is 13.0. The van der Waals surface area contributed by atoms with Gasteiger partial charge in [0.05, 0.1) is 23.7 Å². The van der Waals surface area contributed by atoms with Crippen molar-refractivity contribution in [1.82, 2.24) is 5.32 Å². The number of rotatable bonds is 5. The lowest BCUT2D eigenvalue weighted by Gasteiger charge is -2.12. The lowest BCUT2D eigenvalue weighted by Crippen LogP contribution is -2.23. The van der Waals surface area contributed by atoms with E-state index in [1.54, 1.807) is 6.07 Å². The molecule has 0 unspecified atom stereocenters. The van der Waals surface area contributed by atoms with Crippen molar-refractivity contribution in [2.75, 3.05) is 13.2 Å². The summed E-state index contributed by atoms with van der Waals surface area (Å²) in [6.07, 6.45) is -4.67. The number of benzene rings is 2. The summed E-state index contributed by atoms with van der Waals surface area (Å²) in [6.45, 7) is -0.581. The van der Waals surface area contributed by atoms with E-state index in [2.05, 4.69) is 17.2 Å². The van der Waals surface area contributed by atoms with Crippen molar-refractivity contribution in [3.05, 3.63) is 59.2 Å². The predicted molar refractivity (Wildman–Crippen MR) is 100 cm³/mol. The van der Waals surface area contributed by atoms with Crippen molar-refractivity contribution < 1.29 is 35.9 Å². The molecule has 31 heavy (non-hydrogen) atoms. The van der Waals surface area contributed by atoms with E-state index < -0.39 is 35.5 Å². The number of hydrogen-bond acceptors (Lipinski definition) is 4. The standard InChI is InChI=1S/C20H12F6N2O2S/c21-19(22,23)16-8-3-13(12-27)11-17(16)30-10-2-1-9-28-18(29)14-4-6-15(7-5-14)31-20(24,25)26/h3-8,11H,9-10H2,(H,28,29). The van der Waals surface area contributed by atoms with Gasteiger partial charge >= 0.3 is 11.7 Å². The van der Waals surface area contributed by atoms with Gasteiger partial charge < -0.3 is 10.1 Å². The minimum absolute atomic E-state index is 0.0112. The van der Waals surface area contributed by atoms with Crippen LogP contribution in [0, 0.1) is 23.2 Å². The van der Waals surface area contributed by atoms with E-state index in [0.29, 0.717) is 0 Å². The van der Waals surface area contributed by atoms with Crippen LogP contribution in [0.15, 0.2) is 47.4 Å². The van der Waals surface area contributed by atoms with Gasteiger partial charge in [0.2, 0.25) is 0 Å². The first-order valence-electron chi connectivity index (χ1n) is 8.33. The zero-order valence-corrected chi connectivity index (χ0v) is 16.2. The highest BCUT2D eigenvalue weighted by Gasteiger charge is 2.34. The van der Waals surface area contributed by atoms with Crippen LogP contribution in [0.3, 0.4) is 0 Å². The second-order valence-electron chi connectivity index (χ2n) is 5.72. The van der Waals surface area contributed by atoms with E-state index in [9.17, 15) is 31.1 Å². The minimum atomic E-state index is -4.67. The maximum Gasteiger partial charge on any atom is 0.446 e. The number of thioether (sulfide) groups is 1. The Morgan fingerprint density at radius 2 is 1.71 bits per heavy atom. The number of halogens is 6. The summed E-state index contributed by atoms with van der Waals surface area (Å²) in [5, 5.41) is 11.2. The second kappa shape index (κ2) is 10.1. The number of hydrogen-bond donors (Lipinski definition) is 1. The van der Waals surface area contributed by atoms with Gasteiger partial charge in [-0.3, -0.25) is 4.79 Å². The fraction of sp³-hybridized carbons (Fsp3) is 0.200. The lowest BCUT2D eigenvalue weighted by atomic mass is 10.1. The van der Waals surface area contributed by atoms with E-state index in [1.807, 2.05) is 0 Å². The summed E-state index contributed by atoms with van der Waals surface area (Å²) in [4.78, 5) is 11.9. The summed E-state index contributed by atoms with van der Waals surface area (Å²) < 4.78 is 80.8. The molecule has 4 nitrogen and oxygen atoms in total. The Morgan fingerprint density at radius 1 is 1.03 bits per heavy atom. The fourth-order valence-corrected chi connectivity index (χ4v) is 2.75. The summed E-state index contributed by atoms with van der Waals surface area (Å²) in [5.41, 5.74) is -5.37. The number of alkyl halides is 6. The van der Waals surface area contributed by atoms with Crippen LogP contribution in [-0.4, -0.2) is 24.6 Å². The quantitative estimate of drug-likeness (QED) is 0.389. The van der Waals surface area contributed by atoms with Gasteiger partial charge in [0, 0.05) is 10.5 Å². The van der Waals surface area contributed by atoms with Crippen molar-refractivity contribution >= 4 is 17.7 Å². The van der Waals surface area contributed by atoms with Crippen molar-refractivity contribution in [2.24, 2.45) is 0 Å². The third-order valence-corrected chi connectivity index (χ3v) is 4.27. The van der Waals surface area contributed by atoms with Crippen LogP contribution in [0.2, 0.25) is 0 Å². The molecule has 162 valence electrons. The van der Waals surface area contributed by atoms with Gasteiger partial charge in [-0.2, -0.15) is 31.6 Å². The number of amides is 1. The third-order valence-electron chi connectivity index (χ3n) is 3.53. The van der Waals surface area contributed by atoms with Crippen molar-refractivity contribution in [2.45, 2.75) is 16.6 Å². The first-order valence-corrected chi connectivity index (χ1v) is 9.15. The Bertz CT molecular complexity index is 1030. The number of nitrogens with one attached hydrogen (secondary N) is 1. The molecular weight excluding hydrogens is 446 g/mol. The Morgan fingerprint density at radius 3 is 2.29 bits per heavy atom. The molecule has 0 saturated heterocycles. The van der Waals surface area contributed by atoms with Crippen LogP contribution in [0.1, 0.15) is 21.5 Å². The van der Waals surface area contributed by atoms with Gasteiger partial charge in [0.25, 0.3) is 5.91 Å². The van der Waals surface area contributed by atoms with E-state index in [-0.39, 0.29) is 34.3 Å². The lowest BCUT2D eigenvalue weighted by molar-refractivity contribution is -0.138. The molecule has 0 aliphatic rings. The molecule has 0 aliphatic heterocycles. The molecule has 2 aromatic carbocycles. The van der Waals surface area contributed by atoms with Crippen LogP contribution in [-0.2, 0) is 6.18 Å². The molecule has 1 amide bonds. The van der Waals surface area contributed by atoms with Gasteiger partial charge in [-0.15, -0.1) is 0 Å². The van der Waals surface area contributed by atoms with Crippen LogP contribution in [0.25, 0.3) is 0 Å². The predicted octanol–water partition coefficient (Wildman–Crippen LogP) is 5.00. The summed E-state index contributed by atoms with van der Waals surface area (Å²) in [7, 11) is 0. The van der Waals surface area contributed by atoms with Crippen molar-refractivity contribution in [1.29, 1.82) is 5.26 Å². The molecule has 2 aromatic rings. The van der Waals surface area contributed by atoms with E-state index in [4.69, 9.17) is 10.00 Å². The fourth-order valence-electron chi connectivity index (χ4n) is 2.21. The molecule has 0 spiro atoms. The molecule has 0 bridgehead atoms. The Balaban J connectivity index is 1.88. The molecule has 2 rings (SSSR count). The van der Waals surface area contributed by atoms with Gasteiger partial charge in [-0.25, -0.2) is 0 Å². The van der Waals surface area contributed by atoms with Crippen LogP contribution < -0.4 is 10.1 Å². The SMILES string of the molecule is N#Cc1ccc(C(F)(F)F)c(OCC#CCNC(=O)c2ccc(SC(F)(F)F)cc2)c1. The molecule has 0 aliphatic carbocycles. The van der Waals surface area contributed by atoms with Crippen LogP contribution in [0.4, 0.5) is 26.3 Å². The highest BCUT2D eigenvalue weighted by Crippen LogP contribution is 2.37. The minimum Gasteiger partial charge on any atom is -0.480 e. The van der Waals surface area contributed by atoms with Crippen LogP contribution >= 0.6 is 11.8 Å². The van der Waals surface area contributed by atoms with Gasteiger partial charge in [-0.05, 0) is 54.2 Å². The first kappa shape index (κ1) is 24.0. The number of nitriles is 1. The summed E-state index contributed by atoms with van der Waals surface area (Å²) in [6, 6.07) is 9.17. The van der Waals surface area contributed by atoms with Crippen molar-refractivity contribution in [3.8, 4) is 23.7 Å². The van der Waals surface area contributed by atoms with Crippen LogP contribution in [0.5, 0.6) is 5.75 Å². The second-order valence-corrected chi connectivity index (χ2v) is 6.86. The molecule has 0 heterocycles. The Hall–Kier alpha value is -3.31. The van der Waals surface area contributed by atoms with E-state index in [0.717, 1.165) is 30.3 Å². The van der Waals surface area contributed by atoms with Gasteiger partial charge in [0.1, 0.15) is 12.4 Å². The molecular formula is C20H12F6N2O2S. The van der Waals surface area contributed by atoms with Gasteiger partial charge in [0.15, 0.2) is 0 Å². The summed E-state index contributed by atoms with van der Waals surface area (Å²) >= 11 is -0.305. The Labute approximate surface area is 177 Å².